The van der Waals surface area contributed by atoms with Crippen LogP contribution in [0.5, 0.6) is 5.75 Å². The van der Waals surface area contributed by atoms with E-state index < -0.39 is 5.79 Å². The van der Waals surface area contributed by atoms with Crippen LogP contribution >= 0.6 is 11.8 Å². The van der Waals surface area contributed by atoms with Gasteiger partial charge >= 0.3 is 0 Å². The average molecular weight is 447 g/mol. The van der Waals surface area contributed by atoms with E-state index in [0.717, 1.165) is 28.5 Å². The lowest BCUT2D eigenvalue weighted by Gasteiger charge is -2.38. The van der Waals surface area contributed by atoms with Crippen molar-refractivity contribution in [2.75, 3.05) is 33.6 Å². The van der Waals surface area contributed by atoms with Gasteiger partial charge in [-0.1, -0.05) is 36.4 Å². The third-order valence-electron chi connectivity index (χ3n) is 5.84. The molecule has 5 nitrogen and oxygen atoms in total. The lowest BCUT2D eigenvalue weighted by molar-refractivity contribution is 0.415. The molecule has 32 heavy (non-hydrogen) atoms. The zero-order chi connectivity index (χ0) is 22.6. The molecule has 1 aliphatic rings. The SMILES string of the molecule is CNC1=CC(NC)(NC)Nc2ccc(-c3cccc(OC)c3)c(CSc3ccccc3)c21. The maximum atomic E-state index is 5.50. The Balaban J connectivity index is 1.87. The van der Waals surface area contributed by atoms with Gasteiger partial charge < -0.3 is 15.4 Å². The third-order valence-corrected chi connectivity index (χ3v) is 6.88. The van der Waals surface area contributed by atoms with E-state index in [1.165, 1.54) is 21.6 Å². The summed E-state index contributed by atoms with van der Waals surface area (Å²) in [7, 11) is 7.56. The van der Waals surface area contributed by atoms with Crippen molar-refractivity contribution in [2.24, 2.45) is 0 Å². The van der Waals surface area contributed by atoms with Gasteiger partial charge in [-0.2, -0.15) is 0 Å². The first-order valence-electron chi connectivity index (χ1n) is 10.7. The predicted molar refractivity (Wildman–Crippen MR) is 136 cm³/mol. The van der Waals surface area contributed by atoms with Gasteiger partial charge in [-0.25, -0.2) is 0 Å². The number of ether oxygens (including phenoxy) is 1. The van der Waals surface area contributed by atoms with E-state index in [-0.39, 0.29) is 0 Å². The number of fused-ring (bicyclic) bond motifs is 1. The topological polar surface area (TPSA) is 57.3 Å². The van der Waals surface area contributed by atoms with Gasteiger partial charge in [0.2, 0.25) is 0 Å². The van der Waals surface area contributed by atoms with E-state index >= 15 is 0 Å². The second kappa shape index (κ2) is 9.69. The quantitative estimate of drug-likeness (QED) is 0.296. The molecule has 4 N–H and O–H groups in total. The molecule has 1 aliphatic heterocycles. The van der Waals surface area contributed by atoms with Crippen molar-refractivity contribution < 1.29 is 4.74 Å². The highest BCUT2D eigenvalue weighted by atomic mass is 32.2. The molecule has 3 aromatic rings. The van der Waals surface area contributed by atoms with Gasteiger partial charge in [0.1, 0.15) is 5.75 Å². The molecular weight excluding hydrogens is 416 g/mol. The van der Waals surface area contributed by atoms with Crippen molar-refractivity contribution in [3.8, 4) is 16.9 Å². The number of hydrogen-bond acceptors (Lipinski definition) is 6. The van der Waals surface area contributed by atoms with Gasteiger partial charge in [0.25, 0.3) is 0 Å². The highest BCUT2D eigenvalue weighted by molar-refractivity contribution is 7.98. The molecule has 4 rings (SSSR count). The molecule has 166 valence electrons. The normalized spacial score (nSPS) is 14.2. The second-order valence-electron chi connectivity index (χ2n) is 7.59. The Labute approximate surface area is 194 Å². The lowest BCUT2D eigenvalue weighted by Crippen LogP contribution is -2.60. The summed E-state index contributed by atoms with van der Waals surface area (Å²) in [6.07, 6.45) is 2.17. The molecule has 0 spiro atoms. The molecule has 0 saturated heterocycles. The van der Waals surface area contributed by atoms with Crippen molar-refractivity contribution in [3.63, 3.8) is 0 Å². The van der Waals surface area contributed by atoms with Gasteiger partial charge in [0, 0.05) is 34.6 Å². The van der Waals surface area contributed by atoms with E-state index in [0.29, 0.717) is 0 Å². The second-order valence-corrected chi connectivity index (χ2v) is 8.64. The number of nitrogens with one attached hydrogen (secondary N) is 4. The van der Waals surface area contributed by atoms with Crippen molar-refractivity contribution in [3.05, 3.63) is 83.9 Å². The molecule has 0 amide bonds. The van der Waals surface area contributed by atoms with Crippen molar-refractivity contribution in [1.29, 1.82) is 0 Å². The van der Waals surface area contributed by atoms with Crippen LogP contribution in [0, 0.1) is 0 Å². The van der Waals surface area contributed by atoms with Crippen LogP contribution in [-0.4, -0.2) is 34.0 Å². The summed E-state index contributed by atoms with van der Waals surface area (Å²) in [5.41, 5.74) is 6.98. The molecule has 6 heteroatoms. The van der Waals surface area contributed by atoms with E-state index in [1.807, 2.05) is 45.0 Å². The standard InChI is InChI=1S/C26H30N4OS/c1-27-24-16-26(28-2,29-3)30-23-14-13-21(18-9-8-10-19(15-18)31-4)22(25(23)24)17-32-20-11-6-5-7-12-20/h5-16,27-30H,17H2,1-4H3. The molecule has 0 aromatic heterocycles. The molecule has 0 aliphatic carbocycles. The largest absolute Gasteiger partial charge is 0.497 e. The van der Waals surface area contributed by atoms with E-state index in [2.05, 4.69) is 81.9 Å². The maximum absolute atomic E-state index is 5.50. The number of rotatable bonds is 8. The number of anilines is 1. The minimum atomic E-state index is -0.521. The maximum Gasteiger partial charge on any atom is 0.165 e. The summed E-state index contributed by atoms with van der Waals surface area (Å²) in [5, 5.41) is 13.8. The fourth-order valence-corrected chi connectivity index (χ4v) is 5.03. The number of thioether (sulfide) groups is 1. The van der Waals surface area contributed by atoms with Crippen LogP contribution < -0.4 is 26.0 Å². The van der Waals surface area contributed by atoms with Gasteiger partial charge in [0.15, 0.2) is 5.79 Å². The third kappa shape index (κ3) is 4.35. The van der Waals surface area contributed by atoms with Crippen molar-refractivity contribution in [2.45, 2.75) is 16.4 Å². The zero-order valence-corrected chi connectivity index (χ0v) is 19.8. The molecule has 0 atom stereocenters. The number of likely N-dealkylation sites (N-methyl/N-ethyl adjacent to an activating group) is 2. The Morgan fingerprint density at radius 1 is 0.938 bits per heavy atom. The summed E-state index contributed by atoms with van der Waals surface area (Å²) in [6.45, 7) is 0. The molecular formula is C26H30N4OS. The Hall–Kier alpha value is -2.93. The van der Waals surface area contributed by atoms with Crippen molar-refractivity contribution >= 4 is 23.1 Å². The van der Waals surface area contributed by atoms with Crippen LogP contribution in [-0.2, 0) is 5.75 Å². The average Bonchev–Trinajstić information content (AvgIpc) is 2.87. The predicted octanol–water partition coefficient (Wildman–Crippen LogP) is 4.73. The Morgan fingerprint density at radius 3 is 2.41 bits per heavy atom. The van der Waals surface area contributed by atoms with Crippen LogP contribution in [0.1, 0.15) is 11.1 Å². The number of methoxy groups -OCH3 is 1. The first kappa shape index (κ1) is 22.3. The summed E-state index contributed by atoms with van der Waals surface area (Å²) in [6, 6.07) is 23.2. The monoisotopic (exact) mass is 446 g/mol. The highest BCUT2D eigenvalue weighted by Crippen LogP contribution is 2.41. The molecule has 3 aromatic carbocycles. The summed E-state index contributed by atoms with van der Waals surface area (Å²) in [5.74, 6) is 1.17. The Bertz CT molecular complexity index is 1110. The fourth-order valence-electron chi connectivity index (χ4n) is 4.07. The number of benzene rings is 3. The summed E-state index contributed by atoms with van der Waals surface area (Å²) >= 11 is 1.84. The van der Waals surface area contributed by atoms with Gasteiger partial charge in [-0.15, -0.1) is 11.8 Å². The first-order chi connectivity index (χ1) is 15.6. The summed E-state index contributed by atoms with van der Waals surface area (Å²) in [4.78, 5) is 1.25. The molecule has 0 unspecified atom stereocenters. The molecule has 0 bridgehead atoms. The summed E-state index contributed by atoms with van der Waals surface area (Å²) < 4.78 is 5.50. The molecule has 1 heterocycles. The molecule has 0 fully saturated rings. The van der Waals surface area contributed by atoms with E-state index in [1.54, 1.807) is 7.11 Å². The Kier molecular flexibility index (Phi) is 6.74. The fraction of sp³-hybridized carbons (Fsp3) is 0.231. The smallest absolute Gasteiger partial charge is 0.165 e. The van der Waals surface area contributed by atoms with Crippen LogP contribution in [0.4, 0.5) is 5.69 Å². The Morgan fingerprint density at radius 2 is 1.72 bits per heavy atom. The van der Waals surface area contributed by atoms with Crippen LogP contribution in [0.25, 0.3) is 16.8 Å². The van der Waals surface area contributed by atoms with E-state index in [4.69, 9.17) is 4.74 Å². The number of hydrogen-bond donors (Lipinski definition) is 4. The minimum absolute atomic E-state index is 0.521. The lowest BCUT2D eigenvalue weighted by atomic mass is 9.90. The zero-order valence-electron chi connectivity index (χ0n) is 19.0. The van der Waals surface area contributed by atoms with Crippen LogP contribution in [0.15, 0.2) is 77.7 Å². The van der Waals surface area contributed by atoms with Gasteiger partial charge in [-0.3, -0.25) is 10.6 Å². The van der Waals surface area contributed by atoms with E-state index in [9.17, 15) is 0 Å². The van der Waals surface area contributed by atoms with Crippen LogP contribution in [0.2, 0.25) is 0 Å². The van der Waals surface area contributed by atoms with Gasteiger partial charge in [-0.05, 0) is 67.2 Å². The minimum Gasteiger partial charge on any atom is -0.497 e. The molecule has 0 saturated carbocycles. The van der Waals surface area contributed by atoms with Crippen molar-refractivity contribution in [1.82, 2.24) is 16.0 Å². The highest BCUT2D eigenvalue weighted by Gasteiger charge is 2.32. The van der Waals surface area contributed by atoms with Gasteiger partial charge in [0.05, 0.1) is 7.11 Å². The first-order valence-corrected chi connectivity index (χ1v) is 11.7. The van der Waals surface area contributed by atoms with Crippen LogP contribution in [0.3, 0.4) is 0 Å². The molecule has 0 radical (unpaired) electrons.